The normalized spacial score (nSPS) is 15.6. The van der Waals surface area contributed by atoms with Crippen LogP contribution in [-0.4, -0.2) is 141 Å². The first-order valence-electron chi connectivity index (χ1n) is 22.2. The number of carbonyl (C=O) groups is 4. The number of aliphatic hydroxyl groups is 2. The second-order valence-corrected chi connectivity index (χ2v) is 17.9. The molecule has 20 heteroatoms. The summed E-state index contributed by atoms with van der Waals surface area (Å²) in [5, 5.41) is 42.5. The van der Waals surface area contributed by atoms with Crippen LogP contribution in [0.4, 0.5) is 32.6 Å². The first-order valence-corrected chi connectivity index (χ1v) is 22.2. The van der Waals surface area contributed by atoms with E-state index in [0.717, 1.165) is 33.6 Å². The van der Waals surface area contributed by atoms with Crippen LogP contribution in [0.15, 0.2) is 73.6 Å². The van der Waals surface area contributed by atoms with Gasteiger partial charge in [0.25, 0.3) is 0 Å². The second kappa shape index (κ2) is 21.9. The van der Waals surface area contributed by atoms with E-state index in [-0.39, 0.29) is 38.0 Å². The fourth-order valence-electron chi connectivity index (χ4n) is 7.83. The van der Waals surface area contributed by atoms with Crippen LogP contribution in [-0.2, 0) is 22.4 Å². The molecule has 4 aromatic rings. The number of urea groups is 2. The summed E-state index contributed by atoms with van der Waals surface area (Å²) in [6, 6.07) is 9.94. The smallest absolute Gasteiger partial charge is 0.319 e. The van der Waals surface area contributed by atoms with Gasteiger partial charge in [-0.15, -0.1) is 0 Å². The van der Waals surface area contributed by atoms with Gasteiger partial charge in [-0.1, -0.05) is 87.4 Å². The van der Waals surface area contributed by atoms with Gasteiger partial charge in [-0.05, 0) is 49.7 Å². The lowest BCUT2D eigenvalue weighted by Gasteiger charge is -2.35. The lowest BCUT2D eigenvalue weighted by Crippen LogP contribution is -2.62. The fourth-order valence-corrected chi connectivity index (χ4v) is 7.83. The van der Waals surface area contributed by atoms with Crippen LogP contribution < -0.4 is 41.7 Å². The average molecular weight is 909 g/mol. The molecular formula is C46H64N14O6. The molecule has 20 nitrogen and oxygen atoms in total. The number of hydrogen-bond donors (Lipinski definition) is 8. The predicted molar refractivity (Wildman–Crippen MR) is 251 cm³/mol. The molecular weight excluding hydrogens is 845 g/mol. The molecule has 0 bridgehead atoms. The van der Waals surface area contributed by atoms with Crippen molar-refractivity contribution in [2.24, 2.45) is 11.8 Å². The van der Waals surface area contributed by atoms with E-state index in [1.54, 1.807) is 54.2 Å². The summed E-state index contributed by atoms with van der Waals surface area (Å²) in [6.07, 6.45) is 3.15. The molecule has 0 saturated carbocycles. The summed E-state index contributed by atoms with van der Waals surface area (Å²) in [6.45, 7) is 12.3. The standard InChI is InChI=1S/C46H64N14O6/c1-27(2)37(55-45(65)57(7)25-59-23-51-35-19-47-21-49-41(35)59)43(63)53-33(17-31-13-9-29(5)10-14-31)39(61)40(62)34(18-32-15-11-30(6)12-16-32)54-44(64)38(28(3)4)56-46(66)58(8)26-60-24-52-36-20-48-22-50-42(36)60/h9-16,19-22,27-28,33-34,37-40,51-52,61-62H,17-18,23-26H2,1-8H3,(H,53,63)(H,54,64)(H,55,65)(H,56,66)/t33-,34-,37-,38-,39-,40+/m0/s1. The molecule has 2 aromatic carbocycles. The van der Waals surface area contributed by atoms with Gasteiger partial charge < -0.3 is 61.7 Å². The number of rotatable bonds is 19. The van der Waals surface area contributed by atoms with Crippen molar-refractivity contribution < 1.29 is 29.4 Å². The van der Waals surface area contributed by atoms with Crippen molar-refractivity contribution in [1.82, 2.24) is 51.0 Å². The number of aryl methyl sites for hydroxylation is 2. The summed E-state index contributed by atoms with van der Waals surface area (Å²) >= 11 is 0. The first kappa shape index (κ1) is 48.7. The highest BCUT2D eigenvalue weighted by molar-refractivity contribution is 5.88. The van der Waals surface area contributed by atoms with Crippen LogP contribution in [0.1, 0.15) is 49.9 Å². The Hall–Kier alpha value is -6.80. The molecule has 0 fully saturated rings. The number of anilines is 4. The molecule has 354 valence electrons. The highest BCUT2D eigenvalue weighted by Gasteiger charge is 2.38. The molecule has 6 atom stereocenters. The van der Waals surface area contributed by atoms with E-state index in [1.807, 2.05) is 72.2 Å². The fraction of sp³-hybridized carbons (Fsp3) is 0.478. The zero-order valence-corrected chi connectivity index (χ0v) is 38.9. The summed E-state index contributed by atoms with van der Waals surface area (Å²) < 4.78 is 0. The van der Waals surface area contributed by atoms with E-state index in [1.165, 1.54) is 22.5 Å². The molecule has 0 spiro atoms. The Morgan fingerprint density at radius 1 is 0.621 bits per heavy atom. The molecule has 2 aromatic heterocycles. The van der Waals surface area contributed by atoms with E-state index in [0.29, 0.717) is 25.0 Å². The van der Waals surface area contributed by atoms with Crippen molar-refractivity contribution in [3.8, 4) is 0 Å². The summed E-state index contributed by atoms with van der Waals surface area (Å²) in [5.74, 6) is -0.586. The largest absolute Gasteiger partial charge is 0.388 e. The van der Waals surface area contributed by atoms with E-state index in [2.05, 4.69) is 51.8 Å². The van der Waals surface area contributed by atoms with Crippen LogP contribution in [0, 0.1) is 25.7 Å². The molecule has 6 amide bonds. The van der Waals surface area contributed by atoms with Gasteiger partial charge >= 0.3 is 12.1 Å². The second-order valence-electron chi connectivity index (χ2n) is 17.9. The molecule has 0 saturated heterocycles. The number of aliphatic hydroxyl groups excluding tert-OH is 2. The van der Waals surface area contributed by atoms with E-state index < -0.39 is 60.3 Å². The molecule has 4 heterocycles. The van der Waals surface area contributed by atoms with Crippen LogP contribution in [0.5, 0.6) is 0 Å². The maximum absolute atomic E-state index is 14.3. The molecule has 6 rings (SSSR count). The van der Waals surface area contributed by atoms with Crippen molar-refractivity contribution in [1.29, 1.82) is 0 Å². The SMILES string of the molecule is Cc1ccc(C[C@H](NC(=O)[C@@H](NC(=O)N(C)CN2CNc3cncnc32)C(C)C)[C@H](O)[C@H](O)[C@H](Cc2ccc(C)cc2)NC(=O)[C@@H](NC(=O)N(C)CN2CNc3cncnc32)C(C)C)cc1. The third-order valence-corrected chi connectivity index (χ3v) is 11.8. The molecule has 0 aliphatic carbocycles. The average Bonchev–Trinajstić information content (AvgIpc) is 3.90. The maximum atomic E-state index is 14.3. The minimum absolute atomic E-state index is 0.109. The molecule has 66 heavy (non-hydrogen) atoms. The van der Waals surface area contributed by atoms with E-state index in [4.69, 9.17) is 0 Å². The minimum Gasteiger partial charge on any atom is -0.388 e. The third-order valence-electron chi connectivity index (χ3n) is 11.8. The quantitative estimate of drug-likeness (QED) is 0.0674. The van der Waals surface area contributed by atoms with Gasteiger partial charge in [0.1, 0.15) is 36.9 Å². The molecule has 2 aliphatic heterocycles. The molecule has 8 N–H and O–H groups in total. The van der Waals surface area contributed by atoms with Crippen molar-refractivity contribution in [3.63, 3.8) is 0 Å². The Morgan fingerprint density at radius 2 is 0.985 bits per heavy atom. The monoisotopic (exact) mass is 909 g/mol. The Kier molecular flexibility index (Phi) is 16.2. The Balaban J connectivity index is 1.19. The van der Waals surface area contributed by atoms with Gasteiger partial charge in [0, 0.05) is 14.1 Å². The minimum atomic E-state index is -1.62. The summed E-state index contributed by atoms with van der Waals surface area (Å²) in [5.41, 5.74) is 5.07. The topological polar surface area (TPSA) is 245 Å². The van der Waals surface area contributed by atoms with Gasteiger partial charge in [0.05, 0.1) is 62.5 Å². The number of amides is 6. The number of fused-ring (bicyclic) bond motifs is 2. The number of nitrogens with zero attached hydrogens (tertiary/aromatic N) is 8. The van der Waals surface area contributed by atoms with Gasteiger partial charge in [-0.25, -0.2) is 29.5 Å². The molecule has 2 aliphatic rings. The Bertz CT molecular complexity index is 2120. The lowest BCUT2D eigenvalue weighted by atomic mass is 9.90. The van der Waals surface area contributed by atoms with E-state index in [9.17, 15) is 29.4 Å². The van der Waals surface area contributed by atoms with Gasteiger partial charge in [-0.2, -0.15) is 0 Å². The van der Waals surface area contributed by atoms with Crippen LogP contribution >= 0.6 is 0 Å². The first-order chi connectivity index (χ1) is 31.5. The predicted octanol–water partition coefficient (Wildman–Crippen LogP) is 2.39. The highest BCUT2D eigenvalue weighted by atomic mass is 16.3. The van der Waals surface area contributed by atoms with Crippen molar-refractivity contribution >= 4 is 46.9 Å². The summed E-state index contributed by atoms with van der Waals surface area (Å²) in [4.78, 5) is 79.1. The zero-order chi connectivity index (χ0) is 47.7. The van der Waals surface area contributed by atoms with Gasteiger partial charge in [0.15, 0.2) is 11.6 Å². The van der Waals surface area contributed by atoms with Gasteiger partial charge in [-0.3, -0.25) is 9.59 Å². The number of hydrogen-bond acceptors (Lipinski definition) is 14. The van der Waals surface area contributed by atoms with Crippen molar-refractivity contribution in [2.45, 2.75) is 90.8 Å². The Morgan fingerprint density at radius 3 is 1.33 bits per heavy atom. The molecule has 0 radical (unpaired) electrons. The van der Waals surface area contributed by atoms with Crippen LogP contribution in [0.2, 0.25) is 0 Å². The van der Waals surface area contributed by atoms with Crippen molar-refractivity contribution in [3.05, 3.63) is 95.8 Å². The van der Waals surface area contributed by atoms with Gasteiger partial charge in [0.2, 0.25) is 11.8 Å². The van der Waals surface area contributed by atoms with Crippen molar-refractivity contribution in [2.75, 3.05) is 61.2 Å². The lowest BCUT2D eigenvalue weighted by molar-refractivity contribution is -0.129. The number of aromatic nitrogens is 4. The maximum Gasteiger partial charge on any atom is 0.319 e. The number of nitrogens with one attached hydrogen (secondary N) is 6. The third kappa shape index (κ3) is 12.3. The number of benzene rings is 2. The molecule has 0 unspecified atom stereocenters. The number of carbonyl (C=O) groups excluding carboxylic acids is 4. The van der Waals surface area contributed by atoms with E-state index >= 15 is 0 Å². The zero-order valence-electron chi connectivity index (χ0n) is 38.9. The highest BCUT2D eigenvalue weighted by Crippen LogP contribution is 2.28. The summed E-state index contributed by atoms with van der Waals surface area (Å²) in [7, 11) is 3.23. The van der Waals surface area contributed by atoms with Crippen LogP contribution in [0.3, 0.4) is 0 Å². The Labute approximate surface area is 386 Å². The van der Waals surface area contributed by atoms with Crippen LogP contribution in [0.25, 0.3) is 0 Å².